The van der Waals surface area contributed by atoms with E-state index in [2.05, 4.69) is 23.5 Å². The molecule has 0 aliphatic heterocycles. The average molecular weight is 325 g/mol. The molecule has 0 aromatic heterocycles. The lowest BCUT2D eigenvalue weighted by Gasteiger charge is -2.12. The maximum Gasteiger partial charge on any atom is 0.126 e. The summed E-state index contributed by atoms with van der Waals surface area (Å²) in [4.78, 5) is 0. The van der Waals surface area contributed by atoms with Gasteiger partial charge in [0.25, 0.3) is 0 Å². The first-order valence-corrected chi connectivity index (χ1v) is 7.91. The Balaban J connectivity index is 1.56. The lowest BCUT2D eigenvalue weighted by atomic mass is 10.0. The molecule has 124 valence electrons. The predicted molar refractivity (Wildman–Crippen MR) is 94.1 cm³/mol. The highest BCUT2D eigenvalue weighted by Crippen LogP contribution is 2.28. The van der Waals surface area contributed by atoms with Gasteiger partial charge in [-0.05, 0) is 29.1 Å². The minimum atomic E-state index is -0.287. The Morgan fingerprint density at radius 3 is 2.58 bits per heavy atom. The van der Waals surface area contributed by atoms with Crippen molar-refractivity contribution in [3.63, 3.8) is 0 Å². The molecule has 4 heteroatoms. The van der Waals surface area contributed by atoms with Gasteiger partial charge in [0.2, 0.25) is 0 Å². The van der Waals surface area contributed by atoms with Crippen LogP contribution in [0.25, 0.3) is 10.8 Å². The Hall–Kier alpha value is -2.59. The highest BCUT2D eigenvalue weighted by molar-refractivity contribution is 5.91. The van der Waals surface area contributed by atoms with Crippen molar-refractivity contribution in [3.05, 3.63) is 72.0 Å². The number of nitrogens with one attached hydrogen (secondary N) is 1. The molecule has 0 fully saturated rings. The van der Waals surface area contributed by atoms with Crippen molar-refractivity contribution in [2.24, 2.45) is 0 Å². The second-order valence-corrected chi connectivity index (χ2v) is 5.46. The van der Waals surface area contributed by atoms with Gasteiger partial charge in [0.1, 0.15) is 23.9 Å². The number of halogens is 1. The smallest absolute Gasteiger partial charge is 0.126 e. The second-order valence-electron chi connectivity index (χ2n) is 5.46. The summed E-state index contributed by atoms with van der Waals surface area (Å²) in [6.45, 7) is 1.89. The molecule has 3 nitrogen and oxygen atoms in total. The number of fused-ring (bicyclic) bond motifs is 1. The summed E-state index contributed by atoms with van der Waals surface area (Å²) in [7, 11) is 1.68. The topological polar surface area (TPSA) is 30.5 Å². The van der Waals surface area contributed by atoms with Crippen LogP contribution in [0.5, 0.6) is 11.5 Å². The molecule has 0 aliphatic carbocycles. The van der Waals surface area contributed by atoms with Crippen LogP contribution < -0.4 is 14.8 Å². The van der Waals surface area contributed by atoms with E-state index in [1.165, 1.54) is 23.1 Å². The lowest BCUT2D eigenvalue weighted by molar-refractivity contribution is 0.312. The lowest BCUT2D eigenvalue weighted by Crippen LogP contribution is -2.20. The summed E-state index contributed by atoms with van der Waals surface area (Å²) in [5.41, 5.74) is 1.21. The molecule has 1 N–H and O–H groups in total. The van der Waals surface area contributed by atoms with Crippen LogP contribution in [0.15, 0.2) is 60.7 Å². The van der Waals surface area contributed by atoms with Gasteiger partial charge in [-0.15, -0.1) is 0 Å². The van der Waals surface area contributed by atoms with Gasteiger partial charge in [-0.1, -0.05) is 36.4 Å². The van der Waals surface area contributed by atoms with Gasteiger partial charge < -0.3 is 14.8 Å². The van der Waals surface area contributed by atoms with E-state index in [9.17, 15) is 4.39 Å². The average Bonchev–Trinajstić information content (AvgIpc) is 2.61. The maximum absolute atomic E-state index is 13.1. The van der Waals surface area contributed by atoms with Crippen LogP contribution >= 0.6 is 0 Å². The highest BCUT2D eigenvalue weighted by atomic mass is 19.1. The third kappa shape index (κ3) is 3.84. The summed E-state index contributed by atoms with van der Waals surface area (Å²) in [5.74, 6) is 1.14. The molecule has 24 heavy (non-hydrogen) atoms. The van der Waals surface area contributed by atoms with Crippen molar-refractivity contribution in [1.29, 1.82) is 0 Å². The fraction of sp³-hybridized carbons (Fsp3) is 0.200. The molecule has 0 spiro atoms. The summed E-state index contributed by atoms with van der Waals surface area (Å²) in [6, 6.07) is 18.4. The quantitative estimate of drug-likeness (QED) is 0.662. The molecule has 0 saturated carbocycles. The van der Waals surface area contributed by atoms with Crippen molar-refractivity contribution in [3.8, 4) is 11.5 Å². The fourth-order valence-electron chi connectivity index (χ4n) is 2.69. The maximum atomic E-state index is 13.1. The van der Waals surface area contributed by atoms with Gasteiger partial charge in [-0.3, -0.25) is 0 Å². The minimum absolute atomic E-state index is 0.287. The van der Waals surface area contributed by atoms with Crippen molar-refractivity contribution in [2.45, 2.75) is 6.54 Å². The second kappa shape index (κ2) is 7.79. The molecule has 0 heterocycles. The molecular formula is C20H20FNO2. The van der Waals surface area contributed by atoms with Crippen molar-refractivity contribution in [2.75, 3.05) is 20.3 Å². The number of hydrogen-bond donors (Lipinski definition) is 1. The van der Waals surface area contributed by atoms with Crippen molar-refractivity contribution < 1.29 is 13.9 Å². The Kier molecular flexibility index (Phi) is 5.29. The Labute approximate surface area is 141 Å². The van der Waals surface area contributed by atoms with Gasteiger partial charge in [-0.2, -0.15) is 0 Å². The largest absolute Gasteiger partial charge is 0.496 e. The molecular weight excluding hydrogens is 305 g/mol. The Morgan fingerprint density at radius 1 is 0.958 bits per heavy atom. The predicted octanol–water partition coefficient (Wildman–Crippen LogP) is 4.16. The first-order valence-electron chi connectivity index (χ1n) is 7.91. The van der Waals surface area contributed by atoms with Gasteiger partial charge in [-0.25, -0.2) is 4.39 Å². The van der Waals surface area contributed by atoms with E-state index >= 15 is 0 Å². The number of hydrogen-bond acceptors (Lipinski definition) is 3. The third-order valence-corrected chi connectivity index (χ3v) is 3.85. The number of rotatable bonds is 7. The van der Waals surface area contributed by atoms with E-state index < -0.39 is 0 Å². The van der Waals surface area contributed by atoms with E-state index in [1.807, 2.05) is 18.2 Å². The van der Waals surface area contributed by atoms with Crippen LogP contribution in [0, 0.1) is 5.82 Å². The normalized spacial score (nSPS) is 10.8. The molecule has 0 radical (unpaired) electrons. The van der Waals surface area contributed by atoms with Crippen molar-refractivity contribution >= 4 is 10.8 Å². The first-order chi connectivity index (χ1) is 11.8. The molecule has 0 unspecified atom stereocenters. The van der Waals surface area contributed by atoms with Crippen LogP contribution in [0.4, 0.5) is 4.39 Å². The molecule has 3 rings (SSSR count). The van der Waals surface area contributed by atoms with E-state index in [0.29, 0.717) is 18.9 Å². The van der Waals surface area contributed by atoms with Gasteiger partial charge >= 0.3 is 0 Å². The standard InChI is InChI=1S/C20H20FNO2/c1-23-20-10-9-15(18-7-2-3-8-19(18)20)14-22-11-12-24-17-6-4-5-16(21)13-17/h2-10,13,22H,11-12,14H2,1H3. The van der Waals surface area contributed by atoms with Gasteiger partial charge in [0.15, 0.2) is 0 Å². The van der Waals surface area contributed by atoms with Crippen LogP contribution in [-0.4, -0.2) is 20.3 Å². The molecule has 0 aliphatic rings. The summed E-state index contributed by atoms with van der Waals surface area (Å²) in [6.07, 6.45) is 0. The molecule has 0 atom stereocenters. The van der Waals surface area contributed by atoms with E-state index in [4.69, 9.17) is 9.47 Å². The highest BCUT2D eigenvalue weighted by Gasteiger charge is 2.05. The van der Waals surface area contributed by atoms with Gasteiger partial charge in [0, 0.05) is 24.5 Å². The first kappa shape index (κ1) is 16.3. The van der Waals surface area contributed by atoms with Crippen LogP contribution in [-0.2, 0) is 6.54 Å². The van der Waals surface area contributed by atoms with Crippen LogP contribution in [0.2, 0.25) is 0 Å². The molecule has 3 aromatic carbocycles. The molecule has 0 amide bonds. The number of methoxy groups -OCH3 is 1. The SMILES string of the molecule is COc1ccc(CNCCOc2cccc(F)c2)c2ccccc12. The third-order valence-electron chi connectivity index (χ3n) is 3.85. The van der Waals surface area contributed by atoms with Gasteiger partial charge in [0.05, 0.1) is 7.11 Å². The van der Waals surface area contributed by atoms with E-state index in [1.54, 1.807) is 19.2 Å². The van der Waals surface area contributed by atoms with Crippen LogP contribution in [0.1, 0.15) is 5.56 Å². The zero-order valence-electron chi connectivity index (χ0n) is 13.6. The van der Waals surface area contributed by atoms with E-state index in [0.717, 1.165) is 17.7 Å². The summed E-state index contributed by atoms with van der Waals surface area (Å²) >= 11 is 0. The fourth-order valence-corrected chi connectivity index (χ4v) is 2.69. The minimum Gasteiger partial charge on any atom is -0.496 e. The Morgan fingerprint density at radius 2 is 1.79 bits per heavy atom. The van der Waals surface area contributed by atoms with Crippen LogP contribution in [0.3, 0.4) is 0 Å². The van der Waals surface area contributed by atoms with Crippen molar-refractivity contribution in [1.82, 2.24) is 5.32 Å². The molecule has 3 aromatic rings. The zero-order valence-corrected chi connectivity index (χ0v) is 13.6. The summed E-state index contributed by atoms with van der Waals surface area (Å²) < 4.78 is 24.0. The number of benzene rings is 3. The molecule has 0 saturated heterocycles. The Bertz CT molecular complexity index is 820. The zero-order chi connectivity index (χ0) is 16.8. The van der Waals surface area contributed by atoms with E-state index in [-0.39, 0.29) is 5.82 Å². The summed E-state index contributed by atoms with van der Waals surface area (Å²) in [5, 5.41) is 5.64. The monoisotopic (exact) mass is 325 g/mol. The number of ether oxygens (including phenoxy) is 2. The molecule has 0 bridgehead atoms.